The van der Waals surface area contributed by atoms with Crippen molar-refractivity contribution in [2.45, 2.75) is 58.5 Å². The summed E-state index contributed by atoms with van der Waals surface area (Å²) in [7, 11) is 0. The molecule has 1 saturated heterocycles. The molecule has 2 rings (SSSR count). The zero-order chi connectivity index (χ0) is 17.4. The molecule has 1 amide bonds. The maximum absolute atomic E-state index is 12.5. The quantitative estimate of drug-likeness (QED) is 0.623. The van der Waals surface area contributed by atoms with Crippen LogP contribution < -0.4 is 0 Å². The molecule has 2 heterocycles. The van der Waals surface area contributed by atoms with Crippen LogP contribution in [0.2, 0.25) is 0 Å². The van der Waals surface area contributed by atoms with E-state index in [0.717, 1.165) is 0 Å². The van der Waals surface area contributed by atoms with E-state index in [4.69, 9.17) is 9.47 Å². The van der Waals surface area contributed by atoms with Crippen LogP contribution in [-0.2, 0) is 16.0 Å². The molecule has 0 aliphatic carbocycles. The monoisotopic (exact) mass is 326 g/mol. The molecule has 1 aromatic heterocycles. The third-order valence-electron chi connectivity index (χ3n) is 3.38. The van der Waals surface area contributed by atoms with Crippen molar-refractivity contribution in [3.8, 4) is 0 Å². The molecule has 1 fully saturated rings. The number of carbonyl (C=O) groups excluding carboxylic acids is 1. The summed E-state index contributed by atoms with van der Waals surface area (Å²) >= 11 is 0. The van der Waals surface area contributed by atoms with Crippen LogP contribution in [0.3, 0.4) is 0 Å². The molecule has 1 unspecified atom stereocenters. The first-order valence-electron chi connectivity index (χ1n) is 7.34. The highest BCUT2D eigenvalue weighted by atomic mass is 16.6. The van der Waals surface area contributed by atoms with Crippen molar-refractivity contribution in [3.63, 3.8) is 0 Å². The van der Waals surface area contributed by atoms with Gasteiger partial charge in [-0.2, -0.15) is 4.68 Å². The number of carbonyl (C=O) groups is 1. The smallest absolute Gasteiger partial charge is 0.412 e. The van der Waals surface area contributed by atoms with Gasteiger partial charge in [-0.3, -0.25) is 4.90 Å². The van der Waals surface area contributed by atoms with Gasteiger partial charge in [0.15, 0.2) is 0 Å². The van der Waals surface area contributed by atoms with Gasteiger partial charge < -0.3 is 19.6 Å². The number of rotatable bonds is 3. The van der Waals surface area contributed by atoms with E-state index in [0.29, 0.717) is 6.61 Å². The third-order valence-corrected chi connectivity index (χ3v) is 3.38. The number of ether oxygens (including phenoxy) is 2. The summed E-state index contributed by atoms with van der Waals surface area (Å²) in [6.45, 7) is 9.53. The number of hydrogen-bond acceptors (Lipinski definition) is 6. The lowest BCUT2D eigenvalue weighted by Crippen LogP contribution is -2.51. The normalized spacial score (nSPS) is 20.6. The summed E-state index contributed by atoms with van der Waals surface area (Å²) < 4.78 is 12.6. The van der Waals surface area contributed by atoms with Gasteiger partial charge in [0.05, 0.1) is 36.6 Å². The van der Waals surface area contributed by atoms with E-state index >= 15 is 0 Å². The Balaban J connectivity index is 2.16. The molecule has 9 nitrogen and oxygen atoms in total. The van der Waals surface area contributed by atoms with Gasteiger partial charge in [0.2, 0.25) is 0 Å². The molecule has 0 saturated carbocycles. The van der Waals surface area contributed by atoms with Gasteiger partial charge in [-0.1, -0.05) is 0 Å². The fourth-order valence-corrected chi connectivity index (χ4v) is 2.46. The van der Waals surface area contributed by atoms with Crippen LogP contribution in [0.1, 0.15) is 34.6 Å². The van der Waals surface area contributed by atoms with E-state index in [9.17, 15) is 14.9 Å². The zero-order valence-electron chi connectivity index (χ0n) is 14.0. The number of nitro groups is 1. The van der Waals surface area contributed by atoms with Crippen LogP contribution in [-0.4, -0.2) is 49.7 Å². The number of hydrogen-bond donors (Lipinski definition) is 0. The summed E-state index contributed by atoms with van der Waals surface area (Å²) in [6.07, 6.45) is 1.03. The minimum absolute atomic E-state index is 0.230. The van der Waals surface area contributed by atoms with E-state index < -0.39 is 22.3 Å². The summed E-state index contributed by atoms with van der Waals surface area (Å²) in [5.74, 6) is -0.230. The van der Waals surface area contributed by atoms with Gasteiger partial charge in [0.25, 0.3) is 0 Å². The van der Waals surface area contributed by atoms with Crippen LogP contribution in [0.5, 0.6) is 0 Å². The molecular formula is C14H22N4O5. The van der Waals surface area contributed by atoms with Crippen LogP contribution in [0.15, 0.2) is 12.3 Å². The summed E-state index contributed by atoms with van der Waals surface area (Å²) in [5.41, 5.74) is -1.43. The summed E-state index contributed by atoms with van der Waals surface area (Å²) in [5, 5.41) is 14.6. The molecule has 0 aromatic carbocycles. The molecule has 23 heavy (non-hydrogen) atoms. The lowest BCUT2D eigenvalue weighted by atomic mass is 10.2. The second-order valence-electron chi connectivity index (χ2n) is 6.92. The van der Waals surface area contributed by atoms with E-state index in [1.54, 1.807) is 34.6 Å². The predicted molar refractivity (Wildman–Crippen MR) is 80.8 cm³/mol. The molecule has 1 aliphatic heterocycles. The Morgan fingerprint density at radius 2 is 2.22 bits per heavy atom. The van der Waals surface area contributed by atoms with Crippen LogP contribution in [0.4, 0.5) is 10.6 Å². The van der Waals surface area contributed by atoms with Crippen molar-refractivity contribution < 1.29 is 19.2 Å². The van der Waals surface area contributed by atoms with Crippen molar-refractivity contribution in [1.82, 2.24) is 14.7 Å². The molecule has 9 heteroatoms. The second kappa shape index (κ2) is 5.80. The lowest BCUT2D eigenvalue weighted by Gasteiger charge is -2.34. The van der Waals surface area contributed by atoms with Crippen molar-refractivity contribution in [1.29, 1.82) is 0 Å². The topological polar surface area (TPSA) is 99.7 Å². The molecule has 1 aromatic rings. The van der Waals surface area contributed by atoms with Crippen molar-refractivity contribution in [3.05, 3.63) is 22.4 Å². The molecule has 0 spiro atoms. The molecule has 1 atom stereocenters. The average Bonchev–Trinajstić information content (AvgIpc) is 2.92. The molecular weight excluding hydrogens is 304 g/mol. The first-order valence-corrected chi connectivity index (χ1v) is 7.34. The van der Waals surface area contributed by atoms with Gasteiger partial charge >= 0.3 is 11.9 Å². The average molecular weight is 326 g/mol. The summed E-state index contributed by atoms with van der Waals surface area (Å²) in [6, 6.07) is 0.998. The lowest BCUT2D eigenvalue weighted by molar-refractivity contribution is -0.389. The second-order valence-corrected chi connectivity index (χ2v) is 6.92. The standard InChI is InChI=1S/C14H22N4O5/c1-13(2,3)23-12(19)17-10(9-22-14(17,4)5)8-16-7-6-11(15-16)18(20)21/h6-7,10H,8-9H2,1-5H3. The van der Waals surface area contributed by atoms with Crippen LogP contribution >= 0.6 is 0 Å². The minimum atomic E-state index is -0.813. The van der Waals surface area contributed by atoms with Crippen LogP contribution in [0, 0.1) is 10.1 Å². The van der Waals surface area contributed by atoms with Gasteiger partial charge in [0, 0.05) is 0 Å². The fourth-order valence-electron chi connectivity index (χ4n) is 2.46. The Kier molecular flexibility index (Phi) is 4.34. The Morgan fingerprint density at radius 3 is 2.74 bits per heavy atom. The maximum atomic E-state index is 12.5. The van der Waals surface area contributed by atoms with Crippen molar-refractivity contribution >= 4 is 11.9 Å². The Hall–Kier alpha value is -2.16. The maximum Gasteiger partial charge on any atom is 0.412 e. The van der Waals surface area contributed by atoms with Gasteiger partial charge in [-0.25, -0.2) is 4.79 Å². The third kappa shape index (κ3) is 3.98. The Morgan fingerprint density at radius 1 is 1.57 bits per heavy atom. The van der Waals surface area contributed by atoms with E-state index in [1.165, 1.54) is 21.8 Å². The molecule has 0 N–H and O–H groups in total. The number of aromatic nitrogens is 2. The molecule has 128 valence electrons. The van der Waals surface area contributed by atoms with Crippen molar-refractivity contribution in [2.75, 3.05) is 6.61 Å². The van der Waals surface area contributed by atoms with E-state index in [1.807, 2.05) is 0 Å². The largest absolute Gasteiger partial charge is 0.444 e. The van der Waals surface area contributed by atoms with Gasteiger partial charge in [-0.05, 0) is 39.5 Å². The van der Waals surface area contributed by atoms with Crippen molar-refractivity contribution in [2.24, 2.45) is 0 Å². The highest BCUT2D eigenvalue weighted by Gasteiger charge is 2.46. The van der Waals surface area contributed by atoms with E-state index in [-0.39, 0.29) is 18.4 Å². The predicted octanol–water partition coefficient (Wildman–Crippen LogP) is 2.16. The first kappa shape index (κ1) is 17.2. The highest BCUT2D eigenvalue weighted by molar-refractivity contribution is 5.69. The highest BCUT2D eigenvalue weighted by Crippen LogP contribution is 2.30. The summed E-state index contributed by atoms with van der Waals surface area (Å²) in [4.78, 5) is 24.1. The minimum Gasteiger partial charge on any atom is -0.444 e. The Labute approximate surface area is 134 Å². The van der Waals surface area contributed by atoms with E-state index in [2.05, 4.69) is 5.10 Å². The van der Waals surface area contributed by atoms with Crippen LogP contribution in [0.25, 0.3) is 0 Å². The Bertz CT molecular complexity index is 605. The zero-order valence-corrected chi connectivity index (χ0v) is 14.0. The van der Waals surface area contributed by atoms with Gasteiger partial charge in [0.1, 0.15) is 11.3 Å². The van der Waals surface area contributed by atoms with Gasteiger partial charge in [-0.15, -0.1) is 0 Å². The number of nitrogens with zero attached hydrogens (tertiary/aromatic N) is 4. The fraction of sp³-hybridized carbons (Fsp3) is 0.714. The SMILES string of the molecule is CC(C)(C)OC(=O)N1C(Cn2ccc([N+](=O)[O-])n2)COC1(C)C. The molecule has 1 aliphatic rings. The first-order chi connectivity index (χ1) is 10.5. The number of amides is 1. The molecule has 0 bridgehead atoms. The molecule has 0 radical (unpaired) electrons.